The summed E-state index contributed by atoms with van der Waals surface area (Å²) < 4.78 is 39.4. The maximum absolute atomic E-state index is 13.1. The van der Waals surface area contributed by atoms with Gasteiger partial charge in [-0.1, -0.05) is 43.7 Å². The normalized spacial score (nSPS) is 14.1. The Morgan fingerprint density at radius 1 is 1.22 bits per heavy atom. The van der Waals surface area contributed by atoms with Crippen LogP contribution in [0.5, 0.6) is 0 Å². The van der Waals surface area contributed by atoms with Gasteiger partial charge in [0.2, 0.25) is 5.91 Å². The Morgan fingerprint density at radius 3 is 2.30 bits per heavy atom. The summed E-state index contributed by atoms with van der Waals surface area (Å²) in [6.07, 6.45) is -4.33. The summed E-state index contributed by atoms with van der Waals surface area (Å²) in [7, 11) is 0. The van der Waals surface area contributed by atoms with Gasteiger partial charge in [-0.3, -0.25) is 9.59 Å². The van der Waals surface area contributed by atoms with Gasteiger partial charge >= 0.3 is 12.1 Å². The molecule has 23 heavy (non-hydrogen) atoms. The number of carbonyl (C=O) groups is 2. The number of hydrogen-bond acceptors (Lipinski definition) is 2. The number of aliphatic carboxylic acids is 1. The van der Waals surface area contributed by atoms with Crippen LogP contribution in [0.25, 0.3) is 0 Å². The van der Waals surface area contributed by atoms with Gasteiger partial charge in [-0.15, -0.1) is 0 Å². The molecule has 2 unspecified atom stereocenters. The molecule has 0 aliphatic carbocycles. The van der Waals surface area contributed by atoms with Gasteiger partial charge in [0.25, 0.3) is 0 Å². The van der Waals surface area contributed by atoms with E-state index in [4.69, 9.17) is 5.11 Å². The Kier molecular flexibility index (Phi) is 7.06. The lowest BCUT2D eigenvalue weighted by molar-refractivity contribution is -0.157. The molecule has 0 heterocycles. The predicted octanol–water partition coefficient (Wildman–Crippen LogP) is 3.34. The highest BCUT2D eigenvalue weighted by Gasteiger charge is 2.41. The second-order valence-electron chi connectivity index (χ2n) is 5.34. The summed E-state index contributed by atoms with van der Waals surface area (Å²) >= 11 is 0. The standard InChI is InChI=1S/C16H20F3NO3/c1-2-6-12(15(22)23)10-20-14(21)9-13(16(17,18)19)11-7-4-3-5-8-11/h3-5,7-8,12-13H,2,6,9-10H2,1H3,(H,20,21)(H,22,23). The lowest BCUT2D eigenvalue weighted by atomic mass is 9.94. The van der Waals surface area contributed by atoms with Crippen LogP contribution in [0.3, 0.4) is 0 Å². The Labute approximate surface area is 132 Å². The topological polar surface area (TPSA) is 66.4 Å². The molecule has 128 valence electrons. The number of carboxylic acid groups (broad SMARTS) is 1. The minimum absolute atomic E-state index is 0.0125. The third kappa shape index (κ3) is 6.30. The Bertz CT molecular complexity index is 517. The van der Waals surface area contributed by atoms with Crippen LogP contribution in [-0.2, 0) is 9.59 Å². The molecular formula is C16H20F3NO3. The van der Waals surface area contributed by atoms with Crippen molar-refractivity contribution < 1.29 is 27.9 Å². The van der Waals surface area contributed by atoms with E-state index in [-0.39, 0.29) is 12.1 Å². The van der Waals surface area contributed by atoms with Gasteiger partial charge in [0, 0.05) is 13.0 Å². The van der Waals surface area contributed by atoms with Gasteiger partial charge < -0.3 is 10.4 Å². The Morgan fingerprint density at radius 2 is 1.83 bits per heavy atom. The van der Waals surface area contributed by atoms with Crippen LogP contribution in [0.4, 0.5) is 13.2 Å². The molecule has 0 bridgehead atoms. The van der Waals surface area contributed by atoms with Crippen molar-refractivity contribution in [3.8, 4) is 0 Å². The summed E-state index contributed by atoms with van der Waals surface area (Å²) in [4.78, 5) is 22.8. The van der Waals surface area contributed by atoms with E-state index in [0.29, 0.717) is 12.8 Å². The molecule has 1 rings (SSSR count). The molecule has 4 nitrogen and oxygen atoms in total. The van der Waals surface area contributed by atoms with Crippen molar-refractivity contribution in [3.05, 3.63) is 35.9 Å². The first-order valence-corrected chi connectivity index (χ1v) is 7.36. The zero-order valence-electron chi connectivity index (χ0n) is 12.8. The van der Waals surface area contributed by atoms with Crippen LogP contribution >= 0.6 is 0 Å². The van der Waals surface area contributed by atoms with Crippen molar-refractivity contribution >= 4 is 11.9 Å². The number of hydrogen-bond donors (Lipinski definition) is 2. The molecule has 0 aliphatic rings. The third-order valence-electron chi connectivity index (χ3n) is 3.52. The van der Waals surface area contributed by atoms with Crippen molar-refractivity contribution in [2.45, 2.75) is 38.3 Å². The average Bonchev–Trinajstić information content (AvgIpc) is 2.48. The van der Waals surface area contributed by atoms with Crippen LogP contribution in [0.2, 0.25) is 0 Å². The summed E-state index contributed by atoms with van der Waals surface area (Å²) in [6, 6.07) is 7.20. The zero-order valence-corrected chi connectivity index (χ0v) is 12.8. The molecule has 1 aromatic rings. The molecule has 2 N–H and O–H groups in total. The molecule has 0 saturated heterocycles. The lowest BCUT2D eigenvalue weighted by Gasteiger charge is -2.21. The minimum atomic E-state index is -4.55. The van der Waals surface area contributed by atoms with Gasteiger partial charge in [-0.05, 0) is 12.0 Å². The monoisotopic (exact) mass is 331 g/mol. The molecule has 0 aromatic heterocycles. The fourth-order valence-electron chi connectivity index (χ4n) is 2.26. The molecule has 0 saturated carbocycles. The third-order valence-corrected chi connectivity index (χ3v) is 3.52. The first kappa shape index (κ1) is 19.0. The molecule has 1 aromatic carbocycles. The van der Waals surface area contributed by atoms with E-state index >= 15 is 0 Å². The molecule has 1 amide bonds. The van der Waals surface area contributed by atoms with Crippen LogP contribution < -0.4 is 5.32 Å². The highest BCUT2D eigenvalue weighted by Crippen LogP contribution is 2.37. The second-order valence-corrected chi connectivity index (χ2v) is 5.34. The largest absolute Gasteiger partial charge is 0.481 e. The number of amides is 1. The lowest BCUT2D eigenvalue weighted by Crippen LogP contribution is -2.35. The number of carboxylic acids is 1. The minimum Gasteiger partial charge on any atom is -0.481 e. The highest BCUT2D eigenvalue weighted by atomic mass is 19.4. The molecule has 0 aliphatic heterocycles. The Balaban J connectivity index is 2.70. The van der Waals surface area contributed by atoms with E-state index in [1.165, 1.54) is 24.3 Å². The highest BCUT2D eigenvalue weighted by molar-refractivity contribution is 5.78. The number of alkyl halides is 3. The van der Waals surface area contributed by atoms with Crippen molar-refractivity contribution in [3.63, 3.8) is 0 Å². The second kappa shape index (κ2) is 8.55. The Hall–Kier alpha value is -2.05. The van der Waals surface area contributed by atoms with Gasteiger partial charge in [-0.2, -0.15) is 13.2 Å². The summed E-state index contributed by atoms with van der Waals surface area (Å²) in [5.41, 5.74) is 0.0125. The van der Waals surface area contributed by atoms with E-state index in [0.717, 1.165) is 0 Å². The SMILES string of the molecule is CCCC(CNC(=O)CC(c1ccccc1)C(F)(F)F)C(=O)O. The average molecular weight is 331 g/mol. The number of carbonyl (C=O) groups excluding carboxylic acids is 1. The molecule has 0 radical (unpaired) electrons. The van der Waals surface area contributed by atoms with E-state index < -0.39 is 36.3 Å². The molecule has 0 spiro atoms. The van der Waals surface area contributed by atoms with Crippen molar-refractivity contribution in [1.29, 1.82) is 0 Å². The molecule has 0 fully saturated rings. The predicted molar refractivity (Wildman–Crippen MR) is 78.9 cm³/mol. The summed E-state index contributed by atoms with van der Waals surface area (Å²) in [5.74, 6) is -4.57. The quantitative estimate of drug-likeness (QED) is 0.768. The molecular weight excluding hydrogens is 311 g/mol. The van der Waals surface area contributed by atoms with Crippen LogP contribution in [0, 0.1) is 5.92 Å². The molecule has 2 atom stereocenters. The van der Waals surface area contributed by atoms with E-state index in [1.54, 1.807) is 13.0 Å². The van der Waals surface area contributed by atoms with Crippen LogP contribution in [0.15, 0.2) is 30.3 Å². The maximum atomic E-state index is 13.1. The van der Waals surface area contributed by atoms with Crippen LogP contribution in [0.1, 0.15) is 37.7 Å². The summed E-state index contributed by atoms with van der Waals surface area (Å²) in [5, 5.41) is 11.3. The van der Waals surface area contributed by atoms with E-state index in [1.807, 2.05) is 0 Å². The van der Waals surface area contributed by atoms with Gasteiger partial charge in [0.1, 0.15) is 0 Å². The van der Waals surface area contributed by atoms with Gasteiger partial charge in [-0.25, -0.2) is 0 Å². The van der Waals surface area contributed by atoms with Crippen LogP contribution in [-0.4, -0.2) is 29.7 Å². The summed E-state index contributed by atoms with van der Waals surface area (Å²) in [6.45, 7) is 1.63. The van der Waals surface area contributed by atoms with Gasteiger partial charge in [0.15, 0.2) is 0 Å². The number of benzene rings is 1. The van der Waals surface area contributed by atoms with E-state index in [2.05, 4.69) is 5.32 Å². The fraction of sp³-hybridized carbons (Fsp3) is 0.500. The van der Waals surface area contributed by atoms with Crippen molar-refractivity contribution in [1.82, 2.24) is 5.32 Å². The smallest absolute Gasteiger partial charge is 0.396 e. The van der Waals surface area contributed by atoms with Crippen molar-refractivity contribution in [2.24, 2.45) is 5.92 Å². The van der Waals surface area contributed by atoms with Gasteiger partial charge in [0.05, 0.1) is 11.8 Å². The fourth-order valence-corrected chi connectivity index (χ4v) is 2.26. The first-order valence-electron chi connectivity index (χ1n) is 7.36. The first-order chi connectivity index (χ1) is 10.8. The van der Waals surface area contributed by atoms with E-state index in [9.17, 15) is 22.8 Å². The number of halogens is 3. The number of rotatable bonds is 8. The number of nitrogens with one attached hydrogen (secondary N) is 1. The van der Waals surface area contributed by atoms with Crippen molar-refractivity contribution in [2.75, 3.05) is 6.54 Å². The maximum Gasteiger partial charge on any atom is 0.396 e. The zero-order chi connectivity index (χ0) is 17.5. The molecule has 7 heteroatoms.